The zero-order chi connectivity index (χ0) is 4.50. The van der Waals surface area contributed by atoms with E-state index in [0.29, 0.717) is 0 Å². The summed E-state index contributed by atoms with van der Waals surface area (Å²) in [5.41, 5.74) is 0. The normalized spacial score (nSPS) is 7.38. The molecule has 1 radical (unpaired) electrons. The van der Waals surface area contributed by atoms with Crippen molar-refractivity contribution >= 4 is 76.4 Å². The molecule has 0 rings (SSSR count). The van der Waals surface area contributed by atoms with Crippen molar-refractivity contribution in [2.45, 2.75) is 0 Å². The molecule has 3 N–H and O–H groups in total. The standard InChI is InChI=1S/Eu.Mg.H3O4P.Sr.4H/c;;1-5(2,3)4;;;;;/h;;(H3,1,2,3,4);;;;;. The van der Waals surface area contributed by atoms with Crippen LogP contribution in [0.5, 0.6) is 0 Å². The van der Waals surface area contributed by atoms with Crippen LogP contribution in [-0.4, -0.2) is 83.2 Å². The quantitative estimate of drug-likeness (QED) is 0.321. The topological polar surface area (TPSA) is 77.8 Å². The summed E-state index contributed by atoms with van der Waals surface area (Å²) in [5, 5.41) is 0. The summed E-state index contributed by atoms with van der Waals surface area (Å²) < 4.78 is 8.88. The van der Waals surface area contributed by atoms with Crippen molar-refractivity contribution in [2.24, 2.45) is 0 Å². The van der Waals surface area contributed by atoms with E-state index in [1.807, 2.05) is 0 Å². The molecule has 0 aromatic carbocycles. The minimum atomic E-state index is -4.64. The molecule has 0 heterocycles. The van der Waals surface area contributed by atoms with E-state index < -0.39 is 7.82 Å². The van der Waals surface area contributed by atoms with E-state index in [0.717, 1.165) is 0 Å². The van der Waals surface area contributed by atoms with Crippen molar-refractivity contribution in [3.8, 4) is 0 Å². The Hall–Kier alpha value is 3.94. The van der Waals surface area contributed by atoms with Gasteiger partial charge in [-0.15, -0.1) is 0 Å². The molecule has 0 atom stereocenters. The van der Waals surface area contributed by atoms with Crippen LogP contribution in [-0.2, 0) is 4.57 Å². The first-order chi connectivity index (χ1) is 2.00. The molecule has 0 spiro atoms. The maximum absolute atomic E-state index is 8.88. The van der Waals surface area contributed by atoms with Crippen molar-refractivity contribution in [1.29, 1.82) is 0 Å². The molecule has 0 bridgehead atoms. The third-order valence-corrected chi connectivity index (χ3v) is 0. The number of hydrogen-bond acceptors (Lipinski definition) is 1. The van der Waals surface area contributed by atoms with E-state index in [9.17, 15) is 0 Å². The Morgan fingerprint density at radius 1 is 1.12 bits per heavy atom. The van der Waals surface area contributed by atoms with Crippen LogP contribution in [0, 0.1) is 49.4 Å². The van der Waals surface area contributed by atoms with Crippen molar-refractivity contribution in [3.05, 3.63) is 0 Å². The molecule has 0 aromatic rings. The second-order valence-electron chi connectivity index (χ2n) is 0.513. The first-order valence-electron chi connectivity index (χ1n) is 0.783. The van der Waals surface area contributed by atoms with Gasteiger partial charge in [0.1, 0.15) is 0 Å². The van der Waals surface area contributed by atoms with Gasteiger partial charge in [0.25, 0.3) is 0 Å². The third-order valence-electron chi connectivity index (χ3n) is 0. The van der Waals surface area contributed by atoms with Crippen LogP contribution in [0.3, 0.4) is 0 Å². The van der Waals surface area contributed by atoms with E-state index in [1.165, 1.54) is 0 Å². The Balaban J connectivity index is -0.0000000267. The van der Waals surface area contributed by atoms with Gasteiger partial charge >= 0.3 is 76.4 Å². The summed E-state index contributed by atoms with van der Waals surface area (Å²) >= 11 is 0. The average Bonchev–Trinajstić information content (AvgIpc) is 0.722. The van der Waals surface area contributed by atoms with Gasteiger partial charge in [-0.25, -0.2) is 4.57 Å². The summed E-state index contributed by atoms with van der Waals surface area (Å²) in [5.74, 6) is 0. The summed E-state index contributed by atoms with van der Waals surface area (Å²) in [6.45, 7) is 0. The number of hydrogen-bond donors (Lipinski definition) is 3. The summed E-state index contributed by atoms with van der Waals surface area (Å²) in [6, 6.07) is 0. The monoisotopic (exact) mass is 367 g/mol. The molecular formula is H7EuMgO4PSr. The molecule has 8 heavy (non-hydrogen) atoms. The van der Waals surface area contributed by atoms with Crippen LogP contribution < -0.4 is 0 Å². The summed E-state index contributed by atoms with van der Waals surface area (Å²) in [4.78, 5) is 21.6. The van der Waals surface area contributed by atoms with Crippen LogP contribution in [0.25, 0.3) is 0 Å². The molecule has 0 aliphatic carbocycles. The van der Waals surface area contributed by atoms with Crippen molar-refractivity contribution in [3.63, 3.8) is 0 Å². The molecule has 0 amide bonds. The fourth-order valence-corrected chi connectivity index (χ4v) is 0. The predicted octanol–water partition coefficient (Wildman–Crippen LogP) is -2.76. The van der Waals surface area contributed by atoms with Crippen LogP contribution in [0.15, 0.2) is 0 Å². The molecule has 0 saturated heterocycles. The van der Waals surface area contributed by atoms with Crippen LogP contribution >= 0.6 is 7.82 Å². The van der Waals surface area contributed by atoms with Gasteiger partial charge in [0.05, 0.1) is 0 Å². The summed E-state index contributed by atoms with van der Waals surface area (Å²) in [7, 11) is -4.64. The van der Waals surface area contributed by atoms with Gasteiger partial charge in [0, 0.05) is 49.4 Å². The van der Waals surface area contributed by atoms with Gasteiger partial charge in [0.2, 0.25) is 0 Å². The second-order valence-corrected chi connectivity index (χ2v) is 1.54. The molecule has 0 fully saturated rings. The van der Waals surface area contributed by atoms with Crippen LogP contribution in [0.2, 0.25) is 0 Å². The third kappa shape index (κ3) is 51.2. The molecule has 0 aliphatic heterocycles. The van der Waals surface area contributed by atoms with Gasteiger partial charge in [-0.3, -0.25) is 0 Å². The van der Waals surface area contributed by atoms with E-state index in [4.69, 9.17) is 19.2 Å². The summed E-state index contributed by atoms with van der Waals surface area (Å²) in [6.07, 6.45) is 0. The first kappa shape index (κ1) is 22.7. The van der Waals surface area contributed by atoms with Crippen molar-refractivity contribution in [2.75, 3.05) is 0 Å². The Labute approximate surface area is 141 Å². The fraction of sp³-hybridized carbons (Fsp3) is 0. The maximum atomic E-state index is 8.88. The molecular weight excluding hydrogens is 359 g/mol. The Kier molecular flexibility index (Phi) is 31.0. The zero-order valence-corrected chi connectivity index (χ0v) is 5.89. The first-order valence-corrected chi connectivity index (χ1v) is 2.35. The van der Waals surface area contributed by atoms with E-state index >= 15 is 0 Å². The molecule has 0 aliphatic rings. The number of rotatable bonds is 0. The Morgan fingerprint density at radius 3 is 1.12 bits per heavy atom. The van der Waals surface area contributed by atoms with Crippen LogP contribution in [0.4, 0.5) is 0 Å². The van der Waals surface area contributed by atoms with Gasteiger partial charge in [0.15, 0.2) is 0 Å². The van der Waals surface area contributed by atoms with Crippen LogP contribution in [0.1, 0.15) is 0 Å². The molecule has 0 saturated carbocycles. The van der Waals surface area contributed by atoms with Gasteiger partial charge in [-0.1, -0.05) is 0 Å². The zero-order valence-electron chi connectivity index (χ0n) is 2.58. The SMILES string of the molecule is O=P(O)(O)O.[Eu].[MgH2].[SrH2]. The van der Waals surface area contributed by atoms with Crippen molar-refractivity contribution < 1.29 is 68.6 Å². The minimum absolute atomic E-state index is 0. The average molecular weight is 366 g/mol. The van der Waals surface area contributed by atoms with E-state index in [-0.39, 0.29) is 118 Å². The Morgan fingerprint density at radius 2 is 1.12 bits per heavy atom. The van der Waals surface area contributed by atoms with Gasteiger partial charge in [-0.05, 0) is 0 Å². The van der Waals surface area contributed by atoms with Crippen molar-refractivity contribution in [1.82, 2.24) is 0 Å². The molecule has 8 heteroatoms. The Bertz CT molecular complexity index is 62.2. The fourth-order valence-electron chi connectivity index (χ4n) is 0. The van der Waals surface area contributed by atoms with E-state index in [2.05, 4.69) is 0 Å². The molecule has 0 unspecified atom stereocenters. The second kappa shape index (κ2) is 10.9. The van der Waals surface area contributed by atoms with Gasteiger partial charge < -0.3 is 14.7 Å². The predicted molar refractivity (Wildman–Crippen MR) is 31.4 cm³/mol. The van der Waals surface area contributed by atoms with E-state index in [1.54, 1.807) is 0 Å². The molecule has 4 nitrogen and oxygen atoms in total. The molecule has 0 aromatic heterocycles. The molecule has 47 valence electrons. The van der Waals surface area contributed by atoms with Gasteiger partial charge in [-0.2, -0.15) is 0 Å². The number of phosphoric acid groups is 1.